The maximum atomic E-state index is 6.38. The summed E-state index contributed by atoms with van der Waals surface area (Å²) in [6, 6.07) is 12.8. The van der Waals surface area contributed by atoms with Crippen molar-refractivity contribution < 1.29 is 4.42 Å². The number of hydrogen-bond acceptors (Lipinski definition) is 17. The molecule has 3 aliphatic rings. The van der Waals surface area contributed by atoms with E-state index in [9.17, 15) is 0 Å². The summed E-state index contributed by atoms with van der Waals surface area (Å²) < 4.78 is 6.38. The molecule has 0 spiro atoms. The Bertz CT molecular complexity index is 2120. The van der Waals surface area contributed by atoms with Crippen LogP contribution in [0.5, 0.6) is 0 Å². The van der Waals surface area contributed by atoms with E-state index in [2.05, 4.69) is 128 Å². The molecule has 0 aliphatic carbocycles. The topological polar surface area (TPSA) is 132 Å². The highest BCUT2D eigenvalue weighted by Gasteiger charge is 2.29. The van der Waals surface area contributed by atoms with Crippen LogP contribution < -0.4 is 0 Å². The number of furan rings is 1. The van der Waals surface area contributed by atoms with Crippen LogP contribution in [0.3, 0.4) is 0 Å². The molecular weight excluding hydrogens is 777 g/mol. The molecule has 0 radical (unpaired) electrons. The van der Waals surface area contributed by atoms with Crippen molar-refractivity contribution in [1.29, 1.82) is 0 Å². The predicted molar refractivity (Wildman–Crippen MR) is 246 cm³/mol. The molecule has 0 bridgehead atoms. The number of guanidine groups is 6. The second kappa shape index (κ2) is 18.8. The van der Waals surface area contributed by atoms with Crippen LogP contribution in [0.2, 0.25) is 0 Å². The third-order valence-corrected chi connectivity index (χ3v) is 11.8. The quantitative estimate of drug-likeness (QED) is 0.283. The molecular formula is C42H66N16OS. The Morgan fingerprint density at radius 1 is 0.533 bits per heavy atom. The first-order chi connectivity index (χ1) is 28.5. The van der Waals surface area contributed by atoms with E-state index in [0.29, 0.717) is 6.54 Å². The summed E-state index contributed by atoms with van der Waals surface area (Å²) in [5, 5.41) is 0. The van der Waals surface area contributed by atoms with E-state index in [1.165, 1.54) is 9.75 Å². The number of hydrogen-bond donors (Lipinski definition) is 1. The van der Waals surface area contributed by atoms with E-state index in [4.69, 9.17) is 29.4 Å². The van der Waals surface area contributed by atoms with Gasteiger partial charge in [-0.25, -0.2) is 30.0 Å². The van der Waals surface area contributed by atoms with Crippen molar-refractivity contribution in [3.63, 3.8) is 0 Å². The number of nitrogens with one attached hydrogen (secondary N) is 1. The number of aryl methyl sites for hydroxylation is 1. The van der Waals surface area contributed by atoms with Gasteiger partial charge in [0.15, 0.2) is 0 Å². The van der Waals surface area contributed by atoms with E-state index in [1.54, 1.807) is 0 Å². The smallest absolute Gasteiger partial charge is 0.205 e. The minimum atomic E-state index is -0.198. The van der Waals surface area contributed by atoms with Crippen LogP contribution in [0.4, 0.5) is 0 Å². The minimum Gasteiger partial charge on any atom is -0.464 e. The van der Waals surface area contributed by atoms with Crippen molar-refractivity contribution in [2.45, 2.75) is 78.7 Å². The zero-order chi connectivity index (χ0) is 43.4. The lowest BCUT2D eigenvalue weighted by atomic mass is 10.3. The molecule has 18 heteroatoms. The van der Waals surface area contributed by atoms with Gasteiger partial charge >= 0.3 is 0 Å². The number of nitrogens with zero attached hydrogens (tertiary/aromatic N) is 15. The molecule has 0 fully saturated rings. The van der Waals surface area contributed by atoms with Crippen LogP contribution in [-0.2, 0) is 32.5 Å². The lowest BCUT2D eigenvalue weighted by Crippen LogP contribution is -2.52. The molecule has 326 valence electrons. The standard InChI is InChI=1S/C42H66N16OS/c1-28-15-16-32(43-28)25-53(9)40-48-30(3)45-38(57(40)13)51(7)23-21-33-17-18-34(59-33)26-54(10)41-49-31(4)46-39(58(41)14)52(8)24-22-35-19-20-36(60-35)27-55(11)42-47-29(2)44-37(50(5)6)56(42)12/h15-20,29-31,43H,21-27H2,1-14H3. The lowest BCUT2D eigenvalue weighted by molar-refractivity contribution is 0.345. The first kappa shape index (κ1) is 44.0. The minimum absolute atomic E-state index is 0.112. The highest BCUT2D eigenvalue weighted by atomic mass is 32.1. The van der Waals surface area contributed by atoms with E-state index < -0.39 is 0 Å². The SMILES string of the molecule is Cc1ccc(CN(C)C2=NC(C)N=C(N(C)CCc3ccc(CN(C)C4=NC(C)N=C(N(C)CCc5ccc(CN(C)C6=NC(C)N=C(N(C)C)N6C)s5)N4C)o3)N2C)[nH]1. The Morgan fingerprint density at radius 3 is 1.52 bits per heavy atom. The maximum Gasteiger partial charge on any atom is 0.205 e. The van der Waals surface area contributed by atoms with Crippen molar-refractivity contribution in [3.8, 4) is 0 Å². The number of likely N-dealkylation sites (N-methyl/N-ethyl adjacent to an activating group) is 2. The van der Waals surface area contributed by atoms with E-state index >= 15 is 0 Å². The predicted octanol–water partition coefficient (Wildman–Crippen LogP) is 4.19. The highest BCUT2D eigenvalue weighted by Crippen LogP contribution is 2.22. The Labute approximate surface area is 360 Å². The molecule has 0 amide bonds. The summed E-state index contributed by atoms with van der Waals surface area (Å²) >= 11 is 1.85. The summed E-state index contributed by atoms with van der Waals surface area (Å²) in [5.41, 5.74) is 2.30. The van der Waals surface area contributed by atoms with Crippen molar-refractivity contribution in [2.24, 2.45) is 30.0 Å². The molecule has 3 aromatic heterocycles. The molecule has 17 nitrogen and oxygen atoms in total. The zero-order valence-corrected chi connectivity index (χ0v) is 39.0. The van der Waals surface area contributed by atoms with Gasteiger partial charge in [-0.2, -0.15) is 0 Å². The Kier molecular flexibility index (Phi) is 13.8. The molecule has 3 aromatic rings. The molecule has 3 aliphatic heterocycles. The van der Waals surface area contributed by atoms with Gasteiger partial charge in [-0.15, -0.1) is 11.3 Å². The summed E-state index contributed by atoms with van der Waals surface area (Å²) in [4.78, 5) is 54.3. The first-order valence-corrected chi connectivity index (χ1v) is 21.5. The van der Waals surface area contributed by atoms with E-state index in [-0.39, 0.29) is 18.5 Å². The highest BCUT2D eigenvalue weighted by molar-refractivity contribution is 7.12. The average Bonchev–Trinajstić information content (AvgIpc) is 3.96. The molecule has 3 atom stereocenters. The second-order valence-corrected chi connectivity index (χ2v) is 17.6. The van der Waals surface area contributed by atoms with Crippen LogP contribution in [0, 0.1) is 6.92 Å². The van der Waals surface area contributed by atoms with Gasteiger partial charge in [-0.05, 0) is 70.5 Å². The fraction of sp³-hybridized carbons (Fsp3) is 0.571. The number of aromatic amines is 1. The van der Waals surface area contributed by atoms with Crippen LogP contribution in [0.25, 0.3) is 0 Å². The molecule has 3 unspecified atom stereocenters. The molecule has 6 heterocycles. The van der Waals surface area contributed by atoms with Crippen LogP contribution in [0.15, 0.2) is 70.8 Å². The first-order valence-electron chi connectivity index (χ1n) is 20.7. The van der Waals surface area contributed by atoms with Crippen molar-refractivity contribution in [2.75, 3.05) is 83.6 Å². The second-order valence-electron chi connectivity index (χ2n) is 16.4. The van der Waals surface area contributed by atoms with Gasteiger partial charge in [0.1, 0.15) is 30.0 Å². The molecule has 60 heavy (non-hydrogen) atoms. The Hall–Kier alpha value is -5.52. The van der Waals surface area contributed by atoms with E-state index in [1.807, 2.05) is 72.2 Å². The number of aromatic nitrogens is 1. The van der Waals surface area contributed by atoms with Gasteiger partial charge in [0.05, 0.1) is 19.6 Å². The lowest BCUT2D eigenvalue weighted by Gasteiger charge is -2.37. The van der Waals surface area contributed by atoms with Gasteiger partial charge in [-0.1, -0.05) is 0 Å². The van der Waals surface area contributed by atoms with E-state index in [0.717, 1.165) is 97.7 Å². The van der Waals surface area contributed by atoms with Gasteiger partial charge < -0.3 is 38.8 Å². The fourth-order valence-corrected chi connectivity index (χ4v) is 8.75. The number of H-pyrrole nitrogens is 1. The zero-order valence-electron chi connectivity index (χ0n) is 38.2. The number of thiophene rings is 1. The number of aliphatic imine (C=N–C) groups is 6. The van der Waals surface area contributed by atoms with Gasteiger partial charge in [0.25, 0.3) is 0 Å². The van der Waals surface area contributed by atoms with Crippen molar-refractivity contribution in [3.05, 3.63) is 69.1 Å². The summed E-state index contributed by atoms with van der Waals surface area (Å²) in [6.45, 7) is 11.8. The summed E-state index contributed by atoms with van der Waals surface area (Å²) in [6.07, 6.45) is 1.18. The normalized spacial score (nSPS) is 19.3. The van der Waals surface area contributed by atoms with Crippen molar-refractivity contribution in [1.82, 2.24) is 49.1 Å². The molecule has 6 rings (SSSR count). The summed E-state index contributed by atoms with van der Waals surface area (Å²) in [5.74, 6) is 7.17. The largest absolute Gasteiger partial charge is 0.464 e. The van der Waals surface area contributed by atoms with Crippen LogP contribution in [0.1, 0.15) is 53.4 Å². The summed E-state index contributed by atoms with van der Waals surface area (Å²) in [7, 11) is 20.5. The molecule has 0 saturated carbocycles. The third-order valence-electron chi connectivity index (χ3n) is 10.6. The third kappa shape index (κ3) is 10.4. The van der Waals surface area contributed by atoms with Gasteiger partial charge in [0.2, 0.25) is 35.8 Å². The molecule has 1 N–H and O–H groups in total. The van der Waals surface area contributed by atoms with Gasteiger partial charge in [-0.3, -0.25) is 14.7 Å². The Morgan fingerprint density at radius 2 is 0.983 bits per heavy atom. The van der Waals surface area contributed by atoms with Crippen LogP contribution >= 0.6 is 11.3 Å². The van der Waals surface area contributed by atoms with Crippen molar-refractivity contribution >= 4 is 47.1 Å². The van der Waals surface area contributed by atoms with Crippen LogP contribution in [-0.4, -0.2) is 187 Å². The average molecular weight is 843 g/mol. The number of rotatable bonds is 12. The molecule has 0 aromatic carbocycles. The fourth-order valence-electron chi connectivity index (χ4n) is 7.69. The maximum absolute atomic E-state index is 6.38. The molecule has 0 saturated heterocycles. The van der Waals surface area contributed by atoms with Gasteiger partial charge in [0, 0.05) is 111 Å². The monoisotopic (exact) mass is 843 g/mol. The Balaban J connectivity index is 0.979.